The second-order valence-electron chi connectivity index (χ2n) is 6.80. The van der Waals surface area contributed by atoms with Gasteiger partial charge in [0.05, 0.1) is 16.3 Å². The first kappa shape index (κ1) is 22.9. The number of carbonyl (C=O) groups excluding carboxylic acids is 2. The van der Waals surface area contributed by atoms with Crippen molar-refractivity contribution in [3.8, 4) is 17.2 Å². The van der Waals surface area contributed by atoms with E-state index in [-0.39, 0.29) is 17.9 Å². The average Bonchev–Trinajstić information content (AvgIpc) is 2.80. The largest absolute Gasteiger partial charge is 0.485 e. The van der Waals surface area contributed by atoms with E-state index < -0.39 is 23.8 Å². The Kier molecular flexibility index (Phi) is 7.05. The summed E-state index contributed by atoms with van der Waals surface area (Å²) in [5.74, 6) is -0.628. The summed E-state index contributed by atoms with van der Waals surface area (Å²) in [5.41, 5.74) is 2.83. The Bertz CT molecular complexity index is 1250. The third-order valence-electron chi connectivity index (χ3n) is 4.47. The van der Waals surface area contributed by atoms with Gasteiger partial charge >= 0.3 is 5.97 Å². The van der Waals surface area contributed by atoms with Gasteiger partial charge in [0, 0.05) is 10.0 Å². The molecule has 1 unspecified atom stereocenters. The van der Waals surface area contributed by atoms with Crippen LogP contribution >= 0.6 is 31.9 Å². The van der Waals surface area contributed by atoms with Gasteiger partial charge in [-0.15, -0.1) is 0 Å². The highest BCUT2D eigenvalue weighted by Crippen LogP contribution is 2.33. The van der Waals surface area contributed by atoms with E-state index in [1.807, 2.05) is 6.07 Å². The molecule has 0 aromatic heterocycles. The van der Waals surface area contributed by atoms with Crippen LogP contribution in [-0.2, 0) is 4.79 Å². The lowest BCUT2D eigenvalue weighted by atomic mass is 10.2. The van der Waals surface area contributed by atoms with Crippen LogP contribution in [0.15, 0.2) is 74.7 Å². The fraction of sp³-hybridized carbons (Fsp3) is 0.0870. The number of carbonyl (C=O) groups is 2. The zero-order valence-corrected chi connectivity index (χ0v) is 19.9. The Morgan fingerprint density at radius 3 is 2.67 bits per heavy atom. The number of amides is 1. The molecule has 0 fully saturated rings. The van der Waals surface area contributed by atoms with Gasteiger partial charge < -0.3 is 14.2 Å². The van der Waals surface area contributed by atoms with Crippen molar-refractivity contribution in [1.82, 2.24) is 5.43 Å². The summed E-state index contributed by atoms with van der Waals surface area (Å²) in [5, 5.41) is 3.96. The van der Waals surface area contributed by atoms with E-state index >= 15 is 0 Å². The molecule has 10 heteroatoms. The van der Waals surface area contributed by atoms with E-state index in [0.29, 0.717) is 26.0 Å². The van der Waals surface area contributed by atoms with Crippen molar-refractivity contribution in [1.29, 1.82) is 0 Å². The highest BCUT2D eigenvalue weighted by Gasteiger charge is 2.27. The van der Waals surface area contributed by atoms with Crippen LogP contribution in [0.5, 0.6) is 17.2 Å². The number of rotatable bonds is 5. The molecule has 0 spiro atoms. The maximum atomic E-state index is 13.5. The van der Waals surface area contributed by atoms with Gasteiger partial charge in [0.15, 0.2) is 17.2 Å². The predicted molar refractivity (Wildman–Crippen MR) is 125 cm³/mol. The zero-order valence-electron chi connectivity index (χ0n) is 16.8. The Hall–Kier alpha value is -3.24. The van der Waals surface area contributed by atoms with Crippen molar-refractivity contribution in [2.45, 2.75) is 6.10 Å². The van der Waals surface area contributed by atoms with E-state index in [1.165, 1.54) is 24.4 Å². The Morgan fingerprint density at radius 2 is 1.88 bits per heavy atom. The van der Waals surface area contributed by atoms with Crippen LogP contribution in [0.2, 0.25) is 0 Å². The molecule has 0 saturated heterocycles. The van der Waals surface area contributed by atoms with Crippen molar-refractivity contribution in [3.05, 3.63) is 86.6 Å². The highest BCUT2D eigenvalue weighted by atomic mass is 79.9. The smallest absolute Gasteiger partial charge is 0.343 e. The number of hydrogen-bond acceptors (Lipinski definition) is 6. The summed E-state index contributed by atoms with van der Waals surface area (Å²) in [7, 11) is 0. The molecule has 1 amide bonds. The summed E-state index contributed by atoms with van der Waals surface area (Å²) in [6.45, 7) is 0.0390. The lowest BCUT2D eigenvalue weighted by Gasteiger charge is -2.24. The van der Waals surface area contributed by atoms with Crippen LogP contribution in [0.3, 0.4) is 0 Å². The minimum atomic E-state index is -0.878. The molecule has 0 bridgehead atoms. The molecule has 3 aromatic rings. The topological polar surface area (TPSA) is 86.2 Å². The lowest BCUT2D eigenvalue weighted by Crippen LogP contribution is -2.42. The Morgan fingerprint density at radius 1 is 1.09 bits per heavy atom. The maximum absolute atomic E-state index is 13.5. The normalized spacial score (nSPS) is 14.7. The van der Waals surface area contributed by atoms with Crippen LogP contribution in [0, 0.1) is 5.82 Å². The minimum absolute atomic E-state index is 0.0390. The predicted octanol–water partition coefficient (Wildman–Crippen LogP) is 4.86. The number of fused-ring (bicyclic) bond motifs is 1. The van der Waals surface area contributed by atoms with Gasteiger partial charge in [-0.3, -0.25) is 4.79 Å². The van der Waals surface area contributed by atoms with Crippen molar-refractivity contribution < 1.29 is 28.2 Å². The molecular formula is C23H15Br2FN2O5. The summed E-state index contributed by atoms with van der Waals surface area (Å²) in [6.07, 6.45) is 0.441. The van der Waals surface area contributed by atoms with E-state index in [4.69, 9.17) is 14.2 Å². The number of nitrogens with zero attached hydrogens (tertiary/aromatic N) is 1. The molecule has 3 aromatic carbocycles. The minimum Gasteiger partial charge on any atom is -0.485 e. The van der Waals surface area contributed by atoms with Crippen LogP contribution in [0.4, 0.5) is 4.39 Å². The first-order valence-corrected chi connectivity index (χ1v) is 11.2. The summed E-state index contributed by atoms with van der Waals surface area (Å²) in [6, 6.07) is 15.5. The number of hydrogen-bond donors (Lipinski definition) is 1. The molecule has 1 N–H and O–H groups in total. The van der Waals surface area contributed by atoms with Crippen molar-refractivity contribution in [2.24, 2.45) is 5.10 Å². The van der Waals surface area contributed by atoms with Gasteiger partial charge in [-0.1, -0.05) is 34.1 Å². The van der Waals surface area contributed by atoms with Crippen LogP contribution in [0.1, 0.15) is 15.9 Å². The summed E-state index contributed by atoms with van der Waals surface area (Å²) < 4.78 is 31.2. The third kappa shape index (κ3) is 5.58. The van der Waals surface area contributed by atoms with Crippen molar-refractivity contribution >= 4 is 50.0 Å². The first-order chi connectivity index (χ1) is 15.9. The molecule has 1 atom stereocenters. The maximum Gasteiger partial charge on any atom is 0.343 e. The first-order valence-electron chi connectivity index (χ1n) is 9.59. The molecule has 7 nitrogen and oxygen atoms in total. The van der Waals surface area contributed by atoms with Gasteiger partial charge in [-0.25, -0.2) is 14.6 Å². The van der Waals surface area contributed by atoms with Gasteiger partial charge in [0.25, 0.3) is 5.91 Å². The number of hydrazone groups is 1. The third-order valence-corrected chi connectivity index (χ3v) is 5.52. The number of benzene rings is 3. The van der Waals surface area contributed by atoms with E-state index in [2.05, 4.69) is 42.4 Å². The van der Waals surface area contributed by atoms with E-state index in [9.17, 15) is 14.0 Å². The van der Waals surface area contributed by atoms with Gasteiger partial charge in [-0.05, 0) is 58.4 Å². The fourth-order valence-electron chi connectivity index (χ4n) is 2.94. The lowest BCUT2D eigenvalue weighted by molar-refractivity contribution is -0.130. The Labute approximate surface area is 204 Å². The van der Waals surface area contributed by atoms with Gasteiger partial charge in [0.1, 0.15) is 12.4 Å². The zero-order chi connectivity index (χ0) is 23.4. The molecule has 0 saturated carbocycles. The number of esters is 1. The van der Waals surface area contributed by atoms with Gasteiger partial charge in [-0.2, -0.15) is 5.10 Å². The molecular weight excluding hydrogens is 563 g/mol. The molecule has 1 heterocycles. The van der Waals surface area contributed by atoms with Crippen LogP contribution < -0.4 is 19.6 Å². The Balaban J connectivity index is 1.47. The number of nitrogens with one attached hydrogen (secondary N) is 1. The highest BCUT2D eigenvalue weighted by molar-refractivity contribution is 9.11. The molecule has 0 aliphatic carbocycles. The average molecular weight is 578 g/mol. The second-order valence-corrected chi connectivity index (χ2v) is 8.57. The van der Waals surface area contributed by atoms with Crippen LogP contribution in [-0.4, -0.2) is 30.8 Å². The number of halogens is 3. The summed E-state index contributed by atoms with van der Waals surface area (Å²) in [4.78, 5) is 24.9. The van der Waals surface area contributed by atoms with Crippen LogP contribution in [0.25, 0.3) is 0 Å². The second kappa shape index (κ2) is 10.1. The van der Waals surface area contributed by atoms with Crippen molar-refractivity contribution in [2.75, 3.05) is 6.61 Å². The molecule has 1 aliphatic heterocycles. The molecule has 0 radical (unpaired) electrons. The molecule has 168 valence electrons. The van der Waals surface area contributed by atoms with E-state index in [0.717, 1.165) is 6.07 Å². The van der Waals surface area contributed by atoms with E-state index in [1.54, 1.807) is 30.3 Å². The number of ether oxygens (including phenoxy) is 3. The monoisotopic (exact) mass is 576 g/mol. The van der Waals surface area contributed by atoms with Gasteiger partial charge in [0.2, 0.25) is 6.10 Å². The molecule has 1 aliphatic rings. The molecule has 33 heavy (non-hydrogen) atoms. The fourth-order valence-corrected chi connectivity index (χ4v) is 4.28. The SMILES string of the molecule is O=C(Oc1c(Br)cc(Br)cc1C=NNC(=O)C1COc2ccccc2O1)c1cccc(F)c1. The quantitative estimate of drug-likeness (QED) is 0.203. The van der Waals surface area contributed by atoms with Crippen molar-refractivity contribution in [3.63, 3.8) is 0 Å². The summed E-state index contributed by atoms with van der Waals surface area (Å²) >= 11 is 6.71. The standard InChI is InChI=1S/C23H15Br2FN2O5/c24-15-8-14(21(17(25)10-15)33-23(30)13-4-3-5-16(26)9-13)11-27-28-22(29)20-12-31-18-6-1-2-7-19(18)32-20/h1-11,20H,12H2,(H,28,29). The molecule has 4 rings (SSSR count). The number of para-hydroxylation sites is 2.